The van der Waals surface area contributed by atoms with Crippen LogP contribution in [0.25, 0.3) is 0 Å². The second-order valence-corrected chi connectivity index (χ2v) is 7.46. The van der Waals surface area contributed by atoms with Crippen LogP contribution in [0.2, 0.25) is 0 Å². The first-order chi connectivity index (χ1) is 13.0. The molecule has 1 aliphatic rings. The monoisotopic (exact) mass is 376 g/mol. The SMILES string of the molecule is CCNC(=NCc1ccc(OCCOC)cc1)NC1CN(C(C)C)CC1C. The van der Waals surface area contributed by atoms with Gasteiger partial charge in [0.05, 0.1) is 13.2 Å². The minimum absolute atomic E-state index is 0.432. The lowest BCUT2D eigenvalue weighted by molar-refractivity contribution is 0.146. The topological polar surface area (TPSA) is 58.1 Å². The summed E-state index contributed by atoms with van der Waals surface area (Å²) in [5.74, 6) is 2.36. The molecule has 1 aromatic rings. The summed E-state index contributed by atoms with van der Waals surface area (Å²) >= 11 is 0. The van der Waals surface area contributed by atoms with Gasteiger partial charge in [-0.3, -0.25) is 4.90 Å². The summed E-state index contributed by atoms with van der Waals surface area (Å²) in [5, 5.41) is 7.00. The predicted molar refractivity (Wildman–Crippen MR) is 111 cm³/mol. The molecule has 0 radical (unpaired) electrons. The van der Waals surface area contributed by atoms with Crippen molar-refractivity contribution in [1.29, 1.82) is 0 Å². The molecule has 6 nitrogen and oxygen atoms in total. The highest BCUT2D eigenvalue weighted by atomic mass is 16.5. The summed E-state index contributed by atoms with van der Waals surface area (Å²) in [6.07, 6.45) is 0. The number of likely N-dealkylation sites (tertiary alicyclic amines) is 1. The van der Waals surface area contributed by atoms with Crippen LogP contribution < -0.4 is 15.4 Å². The second kappa shape index (κ2) is 11.1. The average molecular weight is 377 g/mol. The van der Waals surface area contributed by atoms with Gasteiger partial charge in [-0.1, -0.05) is 19.1 Å². The lowest BCUT2D eigenvalue weighted by Crippen LogP contribution is -2.46. The van der Waals surface area contributed by atoms with Crippen molar-refractivity contribution in [1.82, 2.24) is 15.5 Å². The van der Waals surface area contributed by atoms with Gasteiger partial charge in [-0.25, -0.2) is 4.99 Å². The van der Waals surface area contributed by atoms with Crippen LogP contribution in [-0.4, -0.2) is 62.9 Å². The summed E-state index contributed by atoms with van der Waals surface area (Å²) in [6, 6.07) is 9.12. The third-order valence-electron chi connectivity index (χ3n) is 4.94. The first kappa shape index (κ1) is 21.5. The molecule has 0 aliphatic carbocycles. The Morgan fingerprint density at radius 2 is 1.96 bits per heavy atom. The first-order valence-corrected chi connectivity index (χ1v) is 10.0. The molecule has 1 saturated heterocycles. The number of nitrogens with zero attached hydrogens (tertiary/aromatic N) is 2. The molecule has 0 aromatic heterocycles. The van der Waals surface area contributed by atoms with Crippen LogP contribution in [0.1, 0.15) is 33.3 Å². The van der Waals surface area contributed by atoms with Crippen LogP contribution in [0.3, 0.4) is 0 Å². The summed E-state index contributed by atoms with van der Waals surface area (Å²) in [4.78, 5) is 7.29. The van der Waals surface area contributed by atoms with Crippen molar-refractivity contribution in [3.05, 3.63) is 29.8 Å². The van der Waals surface area contributed by atoms with E-state index in [4.69, 9.17) is 14.5 Å². The first-order valence-electron chi connectivity index (χ1n) is 10.0. The fourth-order valence-electron chi connectivity index (χ4n) is 3.21. The highest BCUT2D eigenvalue weighted by Crippen LogP contribution is 2.18. The highest BCUT2D eigenvalue weighted by Gasteiger charge is 2.31. The van der Waals surface area contributed by atoms with Gasteiger partial charge in [-0.05, 0) is 44.4 Å². The van der Waals surface area contributed by atoms with E-state index in [-0.39, 0.29) is 0 Å². The fourth-order valence-corrected chi connectivity index (χ4v) is 3.21. The van der Waals surface area contributed by atoms with Gasteiger partial charge < -0.3 is 20.1 Å². The van der Waals surface area contributed by atoms with Crippen molar-refractivity contribution in [2.75, 3.05) is 40.0 Å². The Kier molecular flexibility index (Phi) is 8.88. The zero-order valence-corrected chi connectivity index (χ0v) is 17.5. The molecule has 0 spiro atoms. The van der Waals surface area contributed by atoms with Gasteiger partial charge in [0.25, 0.3) is 0 Å². The summed E-state index contributed by atoms with van der Waals surface area (Å²) < 4.78 is 10.6. The molecule has 1 fully saturated rings. The minimum atomic E-state index is 0.432. The van der Waals surface area contributed by atoms with Crippen LogP contribution in [0.4, 0.5) is 0 Å². The molecule has 2 rings (SSSR count). The average Bonchev–Trinajstić information content (AvgIpc) is 3.02. The van der Waals surface area contributed by atoms with E-state index in [1.165, 1.54) is 0 Å². The quantitative estimate of drug-likeness (QED) is 0.394. The van der Waals surface area contributed by atoms with Crippen LogP contribution in [-0.2, 0) is 11.3 Å². The van der Waals surface area contributed by atoms with Gasteiger partial charge in [-0.2, -0.15) is 0 Å². The summed E-state index contributed by atoms with van der Waals surface area (Å²) in [5.41, 5.74) is 1.16. The largest absolute Gasteiger partial charge is 0.491 e. The molecular weight excluding hydrogens is 340 g/mol. The van der Waals surface area contributed by atoms with Crippen molar-refractivity contribution in [3.8, 4) is 5.75 Å². The van der Waals surface area contributed by atoms with Crippen molar-refractivity contribution in [3.63, 3.8) is 0 Å². The summed E-state index contributed by atoms with van der Waals surface area (Å²) in [7, 11) is 1.67. The lowest BCUT2D eigenvalue weighted by Gasteiger charge is -2.22. The Balaban J connectivity index is 1.91. The van der Waals surface area contributed by atoms with Crippen molar-refractivity contribution in [2.45, 2.75) is 46.3 Å². The Bertz CT molecular complexity index is 574. The Morgan fingerprint density at radius 3 is 2.56 bits per heavy atom. The number of rotatable bonds is 9. The zero-order valence-electron chi connectivity index (χ0n) is 17.5. The normalized spacial score (nSPS) is 20.9. The third-order valence-corrected chi connectivity index (χ3v) is 4.94. The van der Waals surface area contributed by atoms with Gasteiger partial charge in [0.15, 0.2) is 5.96 Å². The second-order valence-electron chi connectivity index (χ2n) is 7.46. The van der Waals surface area contributed by atoms with Gasteiger partial charge in [0.2, 0.25) is 0 Å². The number of hydrogen-bond donors (Lipinski definition) is 2. The van der Waals surface area contributed by atoms with Gasteiger partial charge in [0.1, 0.15) is 12.4 Å². The minimum Gasteiger partial charge on any atom is -0.491 e. The highest BCUT2D eigenvalue weighted by molar-refractivity contribution is 5.80. The van der Waals surface area contributed by atoms with Gasteiger partial charge in [0, 0.05) is 38.8 Å². The number of benzene rings is 1. The Morgan fingerprint density at radius 1 is 1.22 bits per heavy atom. The maximum atomic E-state index is 5.61. The third kappa shape index (κ3) is 7.03. The fraction of sp³-hybridized carbons (Fsp3) is 0.667. The molecule has 2 atom stereocenters. The standard InChI is InChI=1S/C21H36N4O2/c1-6-22-21(24-20-15-25(16(2)3)14-17(20)4)23-13-18-7-9-19(10-8-18)27-12-11-26-5/h7-10,16-17,20H,6,11-15H2,1-5H3,(H2,22,23,24). The van der Waals surface area contributed by atoms with E-state index in [0.29, 0.717) is 37.8 Å². The van der Waals surface area contributed by atoms with E-state index >= 15 is 0 Å². The smallest absolute Gasteiger partial charge is 0.191 e. The van der Waals surface area contributed by atoms with E-state index in [2.05, 4.69) is 55.4 Å². The number of aliphatic imine (C=N–C) groups is 1. The van der Waals surface area contributed by atoms with Gasteiger partial charge in [-0.15, -0.1) is 0 Å². The maximum Gasteiger partial charge on any atom is 0.191 e. The molecule has 6 heteroatoms. The lowest BCUT2D eigenvalue weighted by atomic mass is 10.1. The van der Waals surface area contributed by atoms with E-state index in [1.807, 2.05) is 12.1 Å². The molecular formula is C21H36N4O2. The van der Waals surface area contributed by atoms with E-state index in [9.17, 15) is 0 Å². The van der Waals surface area contributed by atoms with E-state index in [0.717, 1.165) is 36.9 Å². The number of methoxy groups -OCH3 is 1. The Labute approximate surface area is 164 Å². The molecule has 0 bridgehead atoms. The number of ether oxygens (including phenoxy) is 2. The zero-order chi connectivity index (χ0) is 19.6. The molecule has 152 valence electrons. The molecule has 1 aromatic carbocycles. The molecule has 1 aliphatic heterocycles. The maximum absolute atomic E-state index is 5.61. The molecule has 0 amide bonds. The van der Waals surface area contributed by atoms with E-state index < -0.39 is 0 Å². The molecule has 2 N–H and O–H groups in total. The van der Waals surface area contributed by atoms with Crippen LogP contribution >= 0.6 is 0 Å². The van der Waals surface area contributed by atoms with Crippen LogP contribution in [0.15, 0.2) is 29.3 Å². The van der Waals surface area contributed by atoms with Crippen LogP contribution in [0.5, 0.6) is 5.75 Å². The molecule has 2 unspecified atom stereocenters. The number of guanidine groups is 1. The molecule has 1 heterocycles. The molecule has 0 saturated carbocycles. The predicted octanol–water partition coefficient (Wildman–Crippen LogP) is 2.50. The summed E-state index contributed by atoms with van der Waals surface area (Å²) in [6.45, 7) is 13.8. The number of nitrogens with one attached hydrogen (secondary N) is 2. The molecule has 27 heavy (non-hydrogen) atoms. The van der Waals surface area contributed by atoms with Crippen molar-refractivity contribution >= 4 is 5.96 Å². The van der Waals surface area contributed by atoms with Crippen LogP contribution in [0, 0.1) is 5.92 Å². The van der Waals surface area contributed by atoms with E-state index in [1.54, 1.807) is 7.11 Å². The number of hydrogen-bond acceptors (Lipinski definition) is 4. The van der Waals surface area contributed by atoms with Crippen molar-refractivity contribution < 1.29 is 9.47 Å². The Hall–Kier alpha value is -1.79. The van der Waals surface area contributed by atoms with Gasteiger partial charge >= 0.3 is 0 Å². The van der Waals surface area contributed by atoms with Crippen molar-refractivity contribution in [2.24, 2.45) is 10.9 Å².